The predicted octanol–water partition coefficient (Wildman–Crippen LogP) is 4.47. The minimum absolute atomic E-state index is 0.742. The van der Waals surface area contributed by atoms with E-state index < -0.39 is 31.3 Å². The molecule has 0 unspecified atom stereocenters. The Labute approximate surface area is 309 Å². The normalized spacial score (nSPS) is 12.1. The molecule has 5 aromatic rings. The van der Waals surface area contributed by atoms with Crippen molar-refractivity contribution in [3.05, 3.63) is 103 Å². The molecule has 0 aliphatic heterocycles. The van der Waals surface area contributed by atoms with Crippen molar-refractivity contribution >= 4 is 65.4 Å². The number of nitrogens with zero attached hydrogens (tertiary/aromatic N) is 6. The van der Waals surface area contributed by atoms with Crippen LogP contribution in [0.5, 0.6) is 0 Å². The second-order valence-corrected chi connectivity index (χ2v) is 14.8. The second kappa shape index (κ2) is 16.4. The summed E-state index contributed by atoms with van der Waals surface area (Å²) in [7, 11) is -8.17. The van der Waals surface area contributed by atoms with Crippen LogP contribution >= 0.6 is 45.2 Å². The lowest BCUT2D eigenvalue weighted by molar-refractivity contribution is -0.722. The average molecular weight is 972 g/mol. The Balaban J connectivity index is 0.000000352. The molecule has 5 rings (SSSR count). The summed E-state index contributed by atoms with van der Waals surface area (Å²) < 4.78 is 128. The molecule has 0 aliphatic carbocycles. The van der Waals surface area contributed by atoms with Gasteiger partial charge in [-0.2, -0.15) is 26.3 Å². The predicted molar refractivity (Wildman–Crippen MR) is 179 cm³/mol. The van der Waals surface area contributed by atoms with E-state index in [0.29, 0.717) is 0 Å². The Bertz CT molecular complexity index is 2000. The maximum atomic E-state index is 10.7. The number of alkyl halides is 6. The molecule has 0 aliphatic rings. The number of aromatic nitrogens is 6. The van der Waals surface area contributed by atoms with Crippen molar-refractivity contribution < 1.29 is 61.6 Å². The zero-order valence-electron chi connectivity index (χ0n) is 25.5. The van der Waals surface area contributed by atoms with Gasteiger partial charge in [-0.25, -0.2) is 16.8 Å². The van der Waals surface area contributed by atoms with Crippen molar-refractivity contribution in [2.24, 2.45) is 14.1 Å². The van der Waals surface area contributed by atoms with Gasteiger partial charge in [0.25, 0.3) is 0 Å². The first-order valence-corrected chi connectivity index (χ1v) is 18.5. The highest BCUT2D eigenvalue weighted by Crippen LogP contribution is 2.28. The molecule has 0 atom stereocenters. The van der Waals surface area contributed by atoms with Crippen molar-refractivity contribution in [1.29, 1.82) is 0 Å². The van der Waals surface area contributed by atoms with Gasteiger partial charge in [0.15, 0.2) is 20.2 Å². The lowest BCUT2D eigenvalue weighted by atomic mass is 10.1. The van der Waals surface area contributed by atoms with Gasteiger partial charge in [0, 0.05) is 56.3 Å². The van der Waals surface area contributed by atoms with Crippen molar-refractivity contribution in [1.82, 2.24) is 19.8 Å². The third-order valence-electron chi connectivity index (χ3n) is 6.30. The molecule has 0 N–H and O–H groups in total. The van der Waals surface area contributed by atoms with Crippen LogP contribution in [0.25, 0.3) is 22.5 Å². The quantitative estimate of drug-likeness (QED) is 0.0794. The van der Waals surface area contributed by atoms with Crippen LogP contribution in [0.4, 0.5) is 26.3 Å². The molecule has 0 bridgehead atoms. The summed E-state index contributed by atoms with van der Waals surface area (Å²) in [6, 6.07) is 29.5. The van der Waals surface area contributed by atoms with E-state index in [1.807, 2.05) is 35.6 Å². The molecule has 0 fully saturated rings. The van der Waals surface area contributed by atoms with Crippen LogP contribution < -0.4 is 9.36 Å². The van der Waals surface area contributed by atoms with Crippen LogP contribution in [0.15, 0.2) is 84.9 Å². The zero-order valence-corrected chi connectivity index (χ0v) is 31.4. The van der Waals surface area contributed by atoms with Crippen molar-refractivity contribution in [3.63, 3.8) is 0 Å². The highest BCUT2D eigenvalue weighted by molar-refractivity contribution is 14.1. The molecule has 270 valence electrons. The van der Waals surface area contributed by atoms with Crippen LogP contribution in [-0.4, -0.2) is 56.7 Å². The van der Waals surface area contributed by atoms with Crippen molar-refractivity contribution in [2.45, 2.75) is 24.1 Å². The SMILES string of the molecule is C[n+]1nn(Cc2ccccc2)c(I)c1-c1cccc(-c2c(I)n(Cc3ccccc3)n[n+]2C)c1.O=S(=O)([O-])C(F)(F)F.O=S(=O)([O-])C(F)(F)F. The van der Waals surface area contributed by atoms with Gasteiger partial charge in [0.2, 0.25) is 18.8 Å². The molecule has 0 amide bonds. The Hall–Kier alpha value is -3.20. The van der Waals surface area contributed by atoms with E-state index in [1.165, 1.54) is 11.1 Å². The van der Waals surface area contributed by atoms with Gasteiger partial charge in [-0.3, -0.25) is 0 Å². The molecule has 2 heterocycles. The molecule has 3 aromatic carbocycles. The topological polar surface area (TPSA) is 158 Å². The standard InChI is InChI=1S/C26H24I2N6.2CHF3O3S/c1-31-23(25(27)33(29-31)17-19-10-5-3-6-11-19)21-14-9-15-22(16-21)24-26(28)34(30-32(24)2)18-20-12-7-4-8-13-20;2*2-1(3,4)8(5,6)7/h3-16H,17-18H2,1-2H3;2*(H,5,6,7)/q+2;;/p-2. The molecule has 0 saturated heterocycles. The van der Waals surface area contributed by atoms with Gasteiger partial charge in [-0.1, -0.05) is 78.9 Å². The molecule has 12 nitrogen and oxygen atoms in total. The largest absolute Gasteiger partial charge is 0.741 e. The fourth-order valence-electron chi connectivity index (χ4n) is 4.14. The van der Waals surface area contributed by atoms with Crippen molar-refractivity contribution in [2.75, 3.05) is 0 Å². The second-order valence-electron chi connectivity index (χ2n) is 9.97. The minimum atomic E-state index is -6.09. The summed E-state index contributed by atoms with van der Waals surface area (Å²) in [6.07, 6.45) is 0. The lowest BCUT2D eigenvalue weighted by Crippen LogP contribution is -2.34. The van der Waals surface area contributed by atoms with Gasteiger partial charge in [-0.05, 0) is 17.2 Å². The van der Waals surface area contributed by atoms with Crippen LogP contribution in [0, 0.1) is 7.40 Å². The highest BCUT2D eigenvalue weighted by Gasteiger charge is 2.37. The molecule has 0 radical (unpaired) electrons. The van der Waals surface area contributed by atoms with Gasteiger partial charge in [0.05, 0.1) is 10.4 Å². The van der Waals surface area contributed by atoms with E-state index in [4.69, 9.17) is 36.4 Å². The number of aryl methyl sites for hydroxylation is 2. The fourth-order valence-corrected chi connectivity index (χ4v) is 6.00. The lowest BCUT2D eigenvalue weighted by Gasteiger charge is -2.08. The van der Waals surface area contributed by atoms with E-state index in [-0.39, 0.29) is 0 Å². The first-order chi connectivity index (χ1) is 23.0. The Morgan fingerprint density at radius 1 is 0.620 bits per heavy atom. The average Bonchev–Trinajstić information content (AvgIpc) is 3.44. The Morgan fingerprint density at radius 2 is 0.920 bits per heavy atom. The molecular formula is C28H24F6I2N6O6S2. The van der Waals surface area contributed by atoms with Crippen LogP contribution in [0.1, 0.15) is 11.1 Å². The molecule has 0 saturated carbocycles. The highest BCUT2D eigenvalue weighted by atomic mass is 127. The van der Waals surface area contributed by atoms with E-state index in [1.54, 1.807) is 0 Å². The summed E-state index contributed by atoms with van der Waals surface area (Å²) in [5.74, 6) is 0. The molecule has 0 spiro atoms. The summed E-state index contributed by atoms with van der Waals surface area (Å²) in [4.78, 5) is 0. The number of benzene rings is 3. The number of rotatable bonds is 6. The zero-order chi connectivity index (χ0) is 37.7. The first kappa shape index (κ1) is 41.2. The summed E-state index contributed by atoms with van der Waals surface area (Å²) in [5.41, 5.74) is -4.35. The number of hydrogen-bond acceptors (Lipinski definition) is 8. The van der Waals surface area contributed by atoms with Gasteiger partial charge < -0.3 is 9.11 Å². The first-order valence-electron chi connectivity index (χ1n) is 13.5. The fraction of sp³-hybridized carbons (Fsp3) is 0.214. The van der Waals surface area contributed by atoms with E-state index >= 15 is 0 Å². The number of halogens is 8. The minimum Gasteiger partial charge on any atom is -0.741 e. The molecule has 22 heteroatoms. The molecule has 50 heavy (non-hydrogen) atoms. The van der Waals surface area contributed by atoms with Gasteiger partial charge in [-0.15, -0.1) is 18.7 Å². The maximum absolute atomic E-state index is 10.7. The van der Waals surface area contributed by atoms with Crippen LogP contribution in [0.3, 0.4) is 0 Å². The number of hydrogen-bond donors (Lipinski definition) is 0. The van der Waals surface area contributed by atoms with E-state index in [0.717, 1.165) is 43.0 Å². The third kappa shape index (κ3) is 10.9. The van der Waals surface area contributed by atoms with E-state index in [9.17, 15) is 26.3 Å². The van der Waals surface area contributed by atoms with Crippen LogP contribution in [0.2, 0.25) is 0 Å². The summed E-state index contributed by atoms with van der Waals surface area (Å²) >= 11 is 4.81. The Kier molecular flexibility index (Phi) is 13.5. The maximum Gasteiger partial charge on any atom is 0.485 e. The van der Waals surface area contributed by atoms with Gasteiger partial charge in [0.1, 0.15) is 27.2 Å². The summed E-state index contributed by atoms with van der Waals surface area (Å²) in [6.45, 7) is 1.48. The van der Waals surface area contributed by atoms with E-state index in [2.05, 4.69) is 127 Å². The molecular weight excluding hydrogens is 948 g/mol. The molecule has 2 aromatic heterocycles. The van der Waals surface area contributed by atoms with Crippen molar-refractivity contribution in [3.8, 4) is 22.5 Å². The third-order valence-corrected chi connectivity index (χ3v) is 9.57. The Morgan fingerprint density at radius 3 is 1.20 bits per heavy atom. The van der Waals surface area contributed by atoms with Gasteiger partial charge >= 0.3 is 11.0 Å². The van der Waals surface area contributed by atoms with Crippen LogP contribution in [-0.2, 0) is 47.4 Å². The summed E-state index contributed by atoms with van der Waals surface area (Å²) in [5, 5.41) is 9.55. The monoisotopic (exact) mass is 972 g/mol. The smallest absolute Gasteiger partial charge is 0.485 e.